The summed E-state index contributed by atoms with van der Waals surface area (Å²) in [5, 5.41) is 23.4. The molecule has 0 atom stereocenters. The van der Waals surface area contributed by atoms with Gasteiger partial charge in [-0.15, -0.1) is 0 Å². The number of hydrogen-bond donors (Lipinski definition) is 2. The molecule has 7 heteroatoms. The van der Waals surface area contributed by atoms with E-state index in [1.54, 1.807) is 0 Å². The van der Waals surface area contributed by atoms with Crippen LogP contribution in [0.1, 0.15) is 51.1 Å². The van der Waals surface area contributed by atoms with Gasteiger partial charge in [0.1, 0.15) is 0 Å². The van der Waals surface area contributed by atoms with Crippen molar-refractivity contribution < 1.29 is 19.8 Å². The van der Waals surface area contributed by atoms with Gasteiger partial charge in [-0.2, -0.15) is 5.10 Å². The Labute approximate surface area is 149 Å². The van der Waals surface area contributed by atoms with Gasteiger partial charge in [-0.05, 0) is 43.0 Å². The minimum absolute atomic E-state index is 0.120. The lowest BCUT2D eigenvalue weighted by Gasteiger charge is -2.10. The Balaban J connectivity index is 2.49. The quantitative estimate of drug-likeness (QED) is 0.729. The molecular formula is C19H19N3O4. The number of aromatic nitrogens is 3. The van der Waals surface area contributed by atoms with Crippen LogP contribution < -0.4 is 0 Å². The summed E-state index contributed by atoms with van der Waals surface area (Å²) in [4.78, 5) is 27.6. The van der Waals surface area contributed by atoms with Crippen molar-refractivity contribution in [3.8, 4) is 11.1 Å². The normalized spacial score (nSPS) is 11.0. The summed E-state index contributed by atoms with van der Waals surface area (Å²) in [5.74, 6) is -2.33. The first-order valence-electron chi connectivity index (χ1n) is 8.31. The molecule has 0 saturated heterocycles. The van der Waals surface area contributed by atoms with Crippen LogP contribution in [0.2, 0.25) is 0 Å². The number of rotatable bonds is 5. The molecule has 0 radical (unpaired) electrons. The third-order valence-corrected chi connectivity index (χ3v) is 4.32. The van der Waals surface area contributed by atoms with E-state index >= 15 is 0 Å². The van der Waals surface area contributed by atoms with Crippen LogP contribution in [-0.4, -0.2) is 36.7 Å². The summed E-state index contributed by atoms with van der Waals surface area (Å²) in [6.45, 7) is 5.72. The minimum Gasteiger partial charge on any atom is -0.477 e. The summed E-state index contributed by atoms with van der Waals surface area (Å²) in [5.41, 5.74) is 3.45. The van der Waals surface area contributed by atoms with E-state index in [2.05, 4.69) is 10.1 Å². The number of fused-ring (bicyclic) bond motifs is 1. The molecule has 26 heavy (non-hydrogen) atoms. The Morgan fingerprint density at radius 2 is 1.73 bits per heavy atom. The molecule has 0 spiro atoms. The molecule has 2 aromatic heterocycles. The molecule has 0 unspecified atom stereocenters. The summed E-state index contributed by atoms with van der Waals surface area (Å²) < 4.78 is 1.46. The number of nitrogens with zero attached hydrogens (tertiary/aromatic N) is 3. The molecule has 134 valence electrons. The molecule has 0 aliphatic carbocycles. The molecule has 3 rings (SSSR count). The number of hydrogen-bond acceptors (Lipinski definition) is 4. The average Bonchev–Trinajstić information content (AvgIpc) is 2.95. The van der Waals surface area contributed by atoms with E-state index in [0.29, 0.717) is 17.7 Å². The van der Waals surface area contributed by atoms with Crippen LogP contribution in [0.5, 0.6) is 0 Å². The molecule has 0 saturated carbocycles. The van der Waals surface area contributed by atoms with Crippen LogP contribution in [0.3, 0.4) is 0 Å². The fraction of sp³-hybridized carbons (Fsp3) is 0.263. The van der Waals surface area contributed by atoms with Gasteiger partial charge in [-0.25, -0.2) is 19.1 Å². The summed E-state index contributed by atoms with van der Waals surface area (Å²) in [6.07, 6.45) is 1.32. The fourth-order valence-corrected chi connectivity index (χ4v) is 3.21. The second-order valence-corrected chi connectivity index (χ2v) is 6.22. The monoisotopic (exact) mass is 353 g/mol. The van der Waals surface area contributed by atoms with Crippen LogP contribution in [-0.2, 0) is 6.42 Å². The highest BCUT2D eigenvalue weighted by molar-refractivity contribution is 6.00. The predicted octanol–water partition coefficient (Wildman–Crippen LogP) is 3.36. The van der Waals surface area contributed by atoms with Crippen molar-refractivity contribution in [2.24, 2.45) is 0 Å². The van der Waals surface area contributed by atoms with E-state index in [0.717, 1.165) is 23.1 Å². The number of carboxylic acids is 2. The van der Waals surface area contributed by atoms with Crippen molar-refractivity contribution in [3.63, 3.8) is 0 Å². The molecule has 3 aromatic rings. The number of aromatic carboxylic acids is 2. The highest BCUT2D eigenvalue weighted by atomic mass is 16.4. The molecule has 2 N–H and O–H groups in total. The summed E-state index contributed by atoms with van der Waals surface area (Å²) in [6, 6.07) is 7.10. The molecule has 0 amide bonds. The van der Waals surface area contributed by atoms with Crippen LogP contribution in [0.15, 0.2) is 24.3 Å². The van der Waals surface area contributed by atoms with Crippen LogP contribution >= 0.6 is 0 Å². The number of carboxylic acid groups (broad SMARTS) is 2. The van der Waals surface area contributed by atoms with Gasteiger partial charge < -0.3 is 10.2 Å². The summed E-state index contributed by atoms with van der Waals surface area (Å²) >= 11 is 0. The molecule has 1 aromatic carbocycles. The van der Waals surface area contributed by atoms with Gasteiger partial charge in [0.25, 0.3) is 0 Å². The van der Waals surface area contributed by atoms with Gasteiger partial charge in [0.2, 0.25) is 0 Å². The topological polar surface area (TPSA) is 105 Å². The smallest absolute Gasteiger partial charge is 0.357 e. The van der Waals surface area contributed by atoms with Crippen molar-refractivity contribution >= 4 is 17.6 Å². The fourth-order valence-electron chi connectivity index (χ4n) is 3.21. The molecule has 2 heterocycles. The van der Waals surface area contributed by atoms with Crippen molar-refractivity contribution in [2.45, 2.75) is 33.6 Å². The van der Waals surface area contributed by atoms with E-state index < -0.39 is 11.9 Å². The lowest BCUT2D eigenvalue weighted by Crippen LogP contribution is -2.08. The summed E-state index contributed by atoms with van der Waals surface area (Å²) in [7, 11) is 0. The first-order chi connectivity index (χ1) is 12.3. The molecule has 0 aliphatic rings. The predicted molar refractivity (Wildman–Crippen MR) is 95.8 cm³/mol. The van der Waals surface area contributed by atoms with Crippen LogP contribution in [0, 0.1) is 13.8 Å². The standard InChI is InChI=1S/C19H19N3O4/c1-4-6-12-9-13(18(23)24)20-17-15(16(19(25)26)21-22(12)17)14-10(2)7-5-8-11(14)3/h5,7-9H,4,6H2,1-3H3,(H,23,24)(H,25,26). The van der Waals surface area contributed by atoms with Crippen LogP contribution in [0.4, 0.5) is 0 Å². The van der Waals surface area contributed by atoms with E-state index in [1.165, 1.54) is 10.6 Å². The van der Waals surface area contributed by atoms with Gasteiger partial charge >= 0.3 is 11.9 Å². The van der Waals surface area contributed by atoms with Crippen molar-refractivity contribution in [1.82, 2.24) is 14.6 Å². The van der Waals surface area contributed by atoms with Gasteiger partial charge in [0, 0.05) is 5.69 Å². The molecule has 0 fully saturated rings. The second kappa shape index (κ2) is 6.59. The van der Waals surface area contributed by atoms with E-state index in [-0.39, 0.29) is 17.0 Å². The second-order valence-electron chi connectivity index (χ2n) is 6.22. The third kappa shape index (κ3) is 2.81. The van der Waals surface area contributed by atoms with Gasteiger partial charge in [0.15, 0.2) is 17.0 Å². The lowest BCUT2D eigenvalue weighted by atomic mass is 9.95. The van der Waals surface area contributed by atoms with E-state index in [9.17, 15) is 19.8 Å². The van der Waals surface area contributed by atoms with E-state index in [4.69, 9.17) is 0 Å². The number of aryl methyl sites for hydroxylation is 3. The minimum atomic E-state index is -1.17. The van der Waals surface area contributed by atoms with Crippen molar-refractivity contribution in [3.05, 3.63) is 52.5 Å². The Hall–Kier alpha value is -3.22. The van der Waals surface area contributed by atoms with Crippen molar-refractivity contribution in [1.29, 1.82) is 0 Å². The zero-order chi connectivity index (χ0) is 19.0. The first kappa shape index (κ1) is 17.6. The molecule has 7 nitrogen and oxygen atoms in total. The molecule has 0 aliphatic heterocycles. The Morgan fingerprint density at radius 1 is 1.08 bits per heavy atom. The lowest BCUT2D eigenvalue weighted by molar-refractivity contribution is 0.0679. The van der Waals surface area contributed by atoms with Crippen molar-refractivity contribution in [2.75, 3.05) is 0 Å². The maximum Gasteiger partial charge on any atom is 0.357 e. The van der Waals surface area contributed by atoms with Crippen LogP contribution in [0.25, 0.3) is 16.8 Å². The SMILES string of the molecule is CCCc1cc(C(=O)O)nc2c(-c3c(C)cccc3C)c(C(=O)O)nn12. The third-order valence-electron chi connectivity index (χ3n) is 4.32. The molecule has 0 bridgehead atoms. The average molecular weight is 353 g/mol. The highest BCUT2D eigenvalue weighted by Crippen LogP contribution is 2.33. The number of carbonyl (C=O) groups is 2. The van der Waals surface area contributed by atoms with E-state index in [1.807, 2.05) is 39.0 Å². The Bertz CT molecular complexity index is 1020. The number of benzene rings is 1. The highest BCUT2D eigenvalue weighted by Gasteiger charge is 2.26. The zero-order valence-electron chi connectivity index (χ0n) is 14.8. The largest absolute Gasteiger partial charge is 0.477 e. The maximum atomic E-state index is 11.9. The Kier molecular flexibility index (Phi) is 4.46. The Morgan fingerprint density at radius 3 is 2.27 bits per heavy atom. The zero-order valence-corrected chi connectivity index (χ0v) is 14.8. The van der Waals surface area contributed by atoms with Gasteiger partial charge in [-0.3, -0.25) is 0 Å². The van der Waals surface area contributed by atoms with Gasteiger partial charge in [0.05, 0.1) is 5.56 Å². The first-order valence-corrected chi connectivity index (χ1v) is 8.31. The molecular weight excluding hydrogens is 334 g/mol. The maximum absolute atomic E-state index is 11.9. The van der Waals surface area contributed by atoms with Gasteiger partial charge in [-0.1, -0.05) is 31.5 Å².